The molecule has 0 fully saturated rings. The molecule has 6 rings (SSSR count). The number of aromatic amines is 1. The number of nitrogens with one attached hydrogen (secondary N) is 3. The molecule has 1 amide bonds. The fourth-order valence-corrected chi connectivity index (χ4v) is 4.40. The number of alkyl halides is 3. The molecule has 0 aliphatic rings. The number of aromatic nitrogens is 7. The van der Waals surface area contributed by atoms with E-state index in [4.69, 9.17) is 0 Å². The Hall–Kier alpha value is -5.46. The van der Waals surface area contributed by atoms with Crippen LogP contribution in [0.25, 0.3) is 22.5 Å². The summed E-state index contributed by atoms with van der Waals surface area (Å²) >= 11 is 0. The lowest BCUT2D eigenvalue weighted by Crippen LogP contribution is -2.14. The molecule has 0 spiro atoms. The van der Waals surface area contributed by atoms with Crippen molar-refractivity contribution >= 4 is 34.3 Å². The van der Waals surface area contributed by atoms with E-state index >= 15 is 0 Å². The van der Waals surface area contributed by atoms with E-state index in [1.54, 1.807) is 54.5 Å². The zero-order chi connectivity index (χ0) is 28.7. The van der Waals surface area contributed by atoms with Gasteiger partial charge in [-0.15, -0.1) is 0 Å². The van der Waals surface area contributed by atoms with E-state index in [-0.39, 0.29) is 16.9 Å². The summed E-state index contributed by atoms with van der Waals surface area (Å²) in [5, 5.41) is 6.64. The number of carbonyl (C=O) groups excluding carboxylic acids is 1. The molecular formula is C28H22F3N9O. The van der Waals surface area contributed by atoms with Gasteiger partial charge in [-0.05, 0) is 55.8 Å². The van der Waals surface area contributed by atoms with Crippen LogP contribution in [-0.4, -0.2) is 40.0 Å². The Kier molecular flexibility index (Phi) is 6.25. The molecule has 0 radical (unpaired) electrons. The van der Waals surface area contributed by atoms with Crippen molar-refractivity contribution < 1.29 is 18.0 Å². The van der Waals surface area contributed by atoms with Crippen molar-refractivity contribution in [2.24, 2.45) is 0 Å². The molecular weight excluding hydrogens is 535 g/mol. The largest absolute Gasteiger partial charge is 0.416 e. The van der Waals surface area contributed by atoms with E-state index in [0.29, 0.717) is 28.8 Å². The summed E-state index contributed by atoms with van der Waals surface area (Å²) < 4.78 is 44.2. The number of H-pyrrole nitrogens is 1. The number of fused-ring (bicyclic) bond motifs is 1. The molecule has 0 aliphatic carbocycles. The van der Waals surface area contributed by atoms with E-state index in [1.807, 2.05) is 13.0 Å². The number of rotatable bonds is 6. The van der Waals surface area contributed by atoms with E-state index in [9.17, 15) is 18.0 Å². The highest BCUT2D eigenvalue weighted by Crippen LogP contribution is 2.33. The monoisotopic (exact) mass is 557 g/mol. The predicted molar refractivity (Wildman–Crippen MR) is 147 cm³/mol. The SMILES string of the molecule is Cc1cn(-c2cc(NC(=O)c3ccc(C)c(Nc4nccn4-c4ncnc5[nH]ccc45)c3)cc(C(F)(F)F)c2)cn1. The highest BCUT2D eigenvalue weighted by molar-refractivity contribution is 6.05. The number of hydrogen-bond donors (Lipinski definition) is 3. The Morgan fingerprint density at radius 2 is 1.85 bits per heavy atom. The number of imidazole rings is 2. The Morgan fingerprint density at radius 1 is 1.00 bits per heavy atom. The molecule has 6 aromatic rings. The average molecular weight is 558 g/mol. The van der Waals surface area contributed by atoms with Crippen LogP contribution < -0.4 is 10.6 Å². The van der Waals surface area contributed by atoms with Crippen molar-refractivity contribution in [3.8, 4) is 11.5 Å². The molecule has 0 atom stereocenters. The van der Waals surface area contributed by atoms with Crippen LogP contribution in [0.5, 0.6) is 0 Å². The second-order valence-electron chi connectivity index (χ2n) is 9.36. The van der Waals surface area contributed by atoms with E-state index < -0.39 is 17.6 Å². The Bertz CT molecular complexity index is 1900. The van der Waals surface area contributed by atoms with Gasteiger partial charge in [0.2, 0.25) is 5.95 Å². The minimum atomic E-state index is -4.61. The average Bonchev–Trinajstić information content (AvgIpc) is 3.70. The molecule has 2 aromatic carbocycles. The van der Waals surface area contributed by atoms with Gasteiger partial charge in [0.1, 0.15) is 12.0 Å². The molecule has 0 aliphatic heterocycles. The van der Waals surface area contributed by atoms with Crippen LogP contribution in [-0.2, 0) is 6.18 Å². The van der Waals surface area contributed by atoms with Gasteiger partial charge in [0.25, 0.3) is 5.91 Å². The smallest absolute Gasteiger partial charge is 0.346 e. The van der Waals surface area contributed by atoms with Crippen LogP contribution in [0.4, 0.5) is 30.5 Å². The maximum absolute atomic E-state index is 13.7. The summed E-state index contributed by atoms with van der Waals surface area (Å²) in [5.41, 5.74) is 2.28. The molecule has 4 aromatic heterocycles. The molecule has 0 unspecified atom stereocenters. The van der Waals surface area contributed by atoms with E-state index in [2.05, 4.69) is 35.6 Å². The van der Waals surface area contributed by atoms with Gasteiger partial charge < -0.3 is 20.2 Å². The van der Waals surface area contributed by atoms with Crippen LogP contribution in [0, 0.1) is 13.8 Å². The molecule has 0 saturated carbocycles. The van der Waals surface area contributed by atoms with Crippen LogP contribution in [0.3, 0.4) is 0 Å². The quantitative estimate of drug-likeness (QED) is 0.233. The van der Waals surface area contributed by atoms with Gasteiger partial charge in [0, 0.05) is 47.4 Å². The lowest BCUT2D eigenvalue weighted by molar-refractivity contribution is -0.137. The van der Waals surface area contributed by atoms with Gasteiger partial charge >= 0.3 is 6.18 Å². The van der Waals surface area contributed by atoms with Crippen molar-refractivity contribution in [1.29, 1.82) is 0 Å². The summed E-state index contributed by atoms with van der Waals surface area (Å²) in [6.07, 6.45) is 4.98. The topological polar surface area (TPSA) is 118 Å². The van der Waals surface area contributed by atoms with Crippen molar-refractivity contribution in [3.63, 3.8) is 0 Å². The van der Waals surface area contributed by atoms with Crippen molar-refractivity contribution in [2.45, 2.75) is 20.0 Å². The second-order valence-corrected chi connectivity index (χ2v) is 9.36. The molecule has 10 nitrogen and oxygen atoms in total. The van der Waals surface area contributed by atoms with Gasteiger partial charge in [-0.1, -0.05) is 6.07 Å². The first-order valence-electron chi connectivity index (χ1n) is 12.4. The number of carbonyl (C=O) groups is 1. The van der Waals surface area contributed by atoms with E-state index in [0.717, 1.165) is 23.1 Å². The summed E-state index contributed by atoms with van der Waals surface area (Å²) in [5.74, 6) is 0.481. The zero-order valence-electron chi connectivity index (χ0n) is 21.7. The van der Waals surface area contributed by atoms with Crippen molar-refractivity contribution in [2.75, 3.05) is 10.6 Å². The fourth-order valence-electron chi connectivity index (χ4n) is 4.40. The highest BCUT2D eigenvalue weighted by atomic mass is 19.4. The van der Waals surface area contributed by atoms with E-state index in [1.165, 1.54) is 23.3 Å². The molecule has 0 bridgehead atoms. The Balaban J connectivity index is 1.29. The number of benzene rings is 2. The zero-order valence-corrected chi connectivity index (χ0v) is 21.7. The summed E-state index contributed by atoms with van der Waals surface area (Å²) in [6.45, 7) is 3.59. The Morgan fingerprint density at radius 3 is 2.63 bits per heavy atom. The first kappa shape index (κ1) is 25.8. The van der Waals surface area contributed by atoms with Gasteiger partial charge in [0.15, 0.2) is 5.82 Å². The molecule has 206 valence electrons. The third-order valence-corrected chi connectivity index (χ3v) is 6.46. The first-order chi connectivity index (χ1) is 19.7. The Labute approximate surface area is 230 Å². The maximum atomic E-state index is 13.7. The molecule has 0 saturated heterocycles. The third kappa shape index (κ3) is 5.12. The summed E-state index contributed by atoms with van der Waals surface area (Å²) in [7, 11) is 0. The lowest BCUT2D eigenvalue weighted by Gasteiger charge is -2.15. The van der Waals surface area contributed by atoms with Crippen molar-refractivity contribution in [1.82, 2.24) is 34.1 Å². The molecule has 4 heterocycles. The molecule has 13 heteroatoms. The van der Waals surface area contributed by atoms with Gasteiger partial charge in [-0.3, -0.25) is 9.36 Å². The highest BCUT2D eigenvalue weighted by Gasteiger charge is 2.31. The number of amides is 1. The predicted octanol–water partition coefficient (Wildman–Crippen LogP) is 5.96. The van der Waals surface area contributed by atoms with Gasteiger partial charge in [-0.25, -0.2) is 19.9 Å². The number of halogens is 3. The van der Waals surface area contributed by atoms with Crippen LogP contribution in [0.2, 0.25) is 0 Å². The number of nitrogens with zero attached hydrogens (tertiary/aromatic N) is 6. The first-order valence-corrected chi connectivity index (χ1v) is 12.4. The summed E-state index contributed by atoms with van der Waals surface area (Å²) in [4.78, 5) is 33.4. The standard InChI is InChI=1S/C28H22F3N9O/c1-16-3-4-18(9-23(16)38-27-33-7-8-40(27)25-22-5-6-32-24(22)34-14-35-25)26(41)37-20-10-19(28(29,30)31)11-21(12-20)39-13-17(2)36-15-39/h3-15H,1-2H3,(H,33,38)(H,37,41)(H,32,34,35). The second kappa shape index (κ2) is 9.93. The van der Waals surface area contributed by atoms with Crippen LogP contribution >= 0.6 is 0 Å². The lowest BCUT2D eigenvalue weighted by atomic mass is 10.1. The summed E-state index contributed by atoms with van der Waals surface area (Å²) in [6, 6.07) is 10.2. The third-order valence-electron chi connectivity index (χ3n) is 6.46. The number of anilines is 3. The number of hydrogen-bond acceptors (Lipinski definition) is 6. The number of aryl methyl sites for hydroxylation is 2. The fraction of sp³-hybridized carbons (Fsp3) is 0.107. The molecule has 3 N–H and O–H groups in total. The van der Waals surface area contributed by atoms with Crippen LogP contribution in [0.15, 0.2) is 79.9 Å². The molecule has 41 heavy (non-hydrogen) atoms. The van der Waals surface area contributed by atoms with Gasteiger partial charge in [-0.2, -0.15) is 13.2 Å². The van der Waals surface area contributed by atoms with Crippen LogP contribution in [0.1, 0.15) is 27.2 Å². The minimum absolute atomic E-state index is 0.00362. The van der Waals surface area contributed by atoms with Crippen molar-refractivity contribution in [3.05, 3.63) is 102 Å². The van der Waals surface area contributed by atoms with Gasteiger partial charge in [0.05, 0.1) is 23.0 Å². The minimum Gasteiger partial charge on any atom is -0.346 e. The maximum Gasteiger partial charge on any atom is 0.416 e. The normalized spacial score (nSPS) is 11.6.